The number of aliphatic hydroxyl groups excluding tert-OH is 1. The molecular formula is C10H15NO2. The van der Waals surface area contributed by atoms with Gasteiger partial charge in [-0.15, -0.1) is 0 Å². The predicted octanol–water partition coefficient (Wildman–Crippen LogP) is 1.40. The quantitative estimate of drug-likeness (QED) is 0.763. The summed E-state index contributed by atoms with van der Waals surface area (Å²) in [4.78, 5) is 4.03. The normalized spacial score (nSPS) is 12.5. The van der Waals surface area contributed by atoms with Gasteiger partial charge in [0.1, 0.15) is 5.75 Å². The zero-order valence-electron chi connectivity index (χ0n) is 8.03. The van der Waals surface area contributed by atoms with E-state index in [0.717, 1.165) is 24.2 Å². The van der Waals surface area contributed by atoms with E-state index in [0.29, 0.717) is 0 Å². The number of hydrogen-bond acceptors (Lipinski definition) is 3. The molecule has 3 heteroatoms. The van der Waals surface area contributed by atoms with Crippen molar-refractivity contribution >= 4 is 0 Å². The zero-order chi connectivity index (χ0) is 9.68. The van der Waals surface area contributed by atoms with Gasteiger partial charge in [-0.05, 0) is 31.4 Å². The van der Waals surface area contributed by atoms with Gasteiger partial charge in [0.05, 0.1) is 19.4 Å². The number of aliphatic hydroxyl groups is 1. The van der Waals surface area contributed by atoms with Gasteiger partial charge in [0.25, 0.3) is 0 Å². The smallest absolute Gasteiger partial charge is 0.137 e. The molecule has 3 nitrogen and oxygen atoms in total. The van der Waals surface area contributed by atoms with Crippen molar-refractivity contribution < 1.29 is 9.84 Å². The number of ether oxygens (including phenoxy) is 1. The SMILES string of the molecule is COc1cncc(CC[C@H](C)O)c1. The highest BCUT2D eigenvalue weighted by molar-refractivity contribution is 5.23. The summed E-state index contributed by atoms with van der Waals surface area (Å²) in [5, 5.41) is 9.09. The molecule has 0 amide bonds. The van der Waals surface area contributed by atoms with Crippen molar-refractivity contribution in [3.63, 3.8) is 0 Å². The van der Waals surface area contributed by atoms with E-state index >= 15 is 0 Å². The standard InChI is InChI=1S/C10H15NO2/c1-8(12)3-4-9-5-10(13-2)7-11-6-9/h5-8,12H,3-4H2,1-2H3/t8-/m0/s1. The number of nitrogens with zero attached hydrogens (tertiary/aromatic N) is 1. The average Bonchev–Trinajstić information content (AvgIpc) is 2.15. The molecule has 1 N–H and O–H groups in total. The minimum absolute atomic E-state index is 0.258. The van der Waals surface area contributed by atoms with Crippen LogP contribution in [-0.4, -0.2) is 23.3 Å². The monoisotopic (exact) mass is 181 g/mol. The first-order valence-electron chi connectivity index (χ1n) is 4.38. The molecule has 1 aromatic rings. The topological polar surface area (TPSA) is 42.4 Å². The van der Waals surface area contributed by atoms with Crippen molar-refractivity contribution in [3.05, 3.63) is 24.0 Å². The second-order valence-electron chi connectivity index (χ2n) is 3.12. The Balaban J connectivity index is 2.56. The minimum atomic E-state index is -0.258. The van der Waals surface area contributed by atoms with Crippen LogP contribution in [0.3, 0.4) is 0 Å². The predicted molar refractivity (Wildman–Crippen MR) is 50.8 cm³/mol. The first kappa shape index (κ1) is 9.99. The molecule has 1 rings (SSSR count). The average molecular weight is 181 g/mol. The molecule has 1 aromatic heterocycles. The van der Waals surface area contributed by atoms with Gasteiger partial charge in [-0.2, -0.15) is 0 Å². The number of pyridine rings is 1. The van der Waals surface area contributed by atoms with Crippen LogP contribution in [0.15, 0.2) is 18.5 Å². The first-order valence-corrected chi connectivity index (χ1v) is 4.38. The maximum absolute atomic E-state index is 9.09. The molecule has 1 heterocycles. The van der Waals surface area contributed by atoms with Gasteiger partial charge in [-0.3, -0.25) is 4.98 Å². The lowest BCUT2D eigenvalue weighted by atomic mass is 10.1. The van der Waals surface area contributed by atoms with E-state index in [1.165, 1.54) is 0 Å². The van der Waals surface area contributed by atoms with Gasteiger partial charge < -0.3 is 9.84 Å². The summed E-state index contributed by atoms with van der Waals surface area (Å²) in [7, 11) is 1.62. The molecule has 13 heavy (non-hydrogen) atoms. The van der Waals surface area contributed by atoms with Gasteiger partial charge in [-0.1, -0.05) is 0 Å². The number of hydrogen-bond donors (Lipinski definition) is 1. The molecule has 0 unspecified atom stereocenters. The third-order valence-corrected chi connectivity index (χ3v) is 1.86. The van der Waals surface area contributed by atoms with Crippen molar-refractivity contribution in [1.82, 2.24) is 4.98 Å². The fourth-order valence-electron chi connectivity index (χ4n) is 1.09. The minimum Gasteiger partial charge on any atom is -0.495 e. The van der Waals surface area contributed by atoms with Crippen molar-refractivity contribution in [2.45, 2.75) is 25.9 Å². The Hall–Kier alpha value is -1.09. The van der Waals surface area contributed by atoms with E-state index in [9.17, 15) is 0 Å². The second-order valence-corrected chi connectivity index (χ2v) is 3.12. The Bertz CT molecular complexity index is 261. The highest BCUT2D eigenvalue weighted by Gasteiger charge is 1.99. The Morgan fingerprint density at radius 3 is 2.92 bits per heavy atom. The molecule has 0 fully saturated rings. The molecule has 1 atom stereocenters. The van der Waals surface area contributed by atoms with Crippen molar-refractivity contribution in [3.8, 4) is 5.75 Å². The summed E-state index contributed by atoms with van der Waals surface area (Å²) in [6, 6.07) is 1.94. The molecule has 0 spiro atoms. The van der Waals surface area contributed by atoms with Crippen LogP contribution in [0.5, 0.6) is 5.75 Å². The van der Waals surface area contributed by atoms with Crippen LogP contribution < -0.4 is 4.74 Å². The molecule has 0 aliphatic heterocycles. The fraction of sp³-hybridized carbons (Fsp3) is 0.500. The van der Waals surface area contributed by atoms with E-state index in [1.54, 1.807) is 26.4 Å². The number of rotatable bonds is 4. The number of aromatic nitrogens is 1. The van der Waals surface area contributed by atoms with Crippen LogP contribution in [0.1, 0.15) is 18.9 Å². The van der Waals surface area contributed by atoms with Crippen LogP contribution in [0.2, 0.25) is 0 Å². The van der Waals surface area contributed by atoms with E-state index in [4.69, 9.17) is 9.84 Å². The Morgan fingerprint density at radius 1 is 1.54 bits per heavy atom. The third-order valence-electron chi connectivity index (χ3n) is 1.86. The summed E-state index contributed by atoms with van der Waals surface area (Å²) in [5.41, 5.74) is 1.10. The van der Waals surface area contributed by atoms with Gasteiger partial charge in [-0.25, -0.2) is 0 Å². The van der Waals surface area contributed by atoms with Gasteiger partial charge in [0, 0.05) is 6.20 Å². The highest BCUT2D eigenvalue weighted by atomic mass is 16.5. The molecule has 0 aliphatic carbocycles. The molecular weight excluding hydrogens is 166 g/mol. The summed E-state index contributed by atoms with van der Waals surface area (Å²) in [5.74, 6) is 0.767. The molecule has 0 bridgehead atoms. The van der Waals surface area contributed by atoms with Crippen LogP contribution in [0.25, 0.3) is 0 Å². The Morgan fingerprint density at radius 2 is 2.31 bits per heavy atom. The zero-order valence-corrected chi connectivity index (χ0v) is 8.03. The van der Waals surface area contributed by atoms with Crippen LogP contribution in [0.4, 0.5) is 0 Å². The van der Waals surface area contributed by atoms with E-state index in [-0.39, 0.29) is 6.10 Å². The van der Waals surface area contributed by atoms with Crippen LogP contribution in [0, 0.1) is 0 Å². The largest absolute Gasteiger partial charge is 0.495 e. The fourth-order valence-corrected chi connectivity index (χ4v) is 1.09. The lowest BCUT2D eigenvalue weighted by Gasteiger charge is -2.05. The van der Waals surface area contributed by atoms with Crippen molar-refractivity contribution in [2.24, 2.45) is 0 Å². The summed E-state index contributed by atoms with van der Waals surface area (Å²) in [6.07, 6.45) is 4.80. The summed E-state index contributed by atoms with van der Waals surface area (Å²) < 4.78 is 5.04. The lowest BCUT2D eigenvalue weighted by Crippen LogP contribution is -2.01. The van der Waals surface area contributed by atoms with Crippen LogP contribution >= 0.6 is 0 Å². The van der Waals surface area contributed by atoms with Crippen molar-refractivity contribution in [2.75, 3.05) is 7.11 Å². The third kappa shape index (κ3) is 3.42. The molecule has 0 saturated heterocycles. The Labute approximate surface area is 78.4 Å². The molecule has 0 radical (unpaired) electrons. The van der Waals surface area contributed by atoms with Gasteiger partial charge in [0.2, 0.25) is 0 Å². The van der Waals surface area contributed by atoms with E-state index < -0.39 is 0 Å². The number of methoxy groups -OCH3 is 1. The maximum atomic E-state index is 9.09. The van der Waals surface area contributed by atoms with Crippen molar-refractivity contribution in [1.29, 1.82) is 0 Å². The molecule has 72 valence electrons. The summed E-state index contributed by atoms with van der Waals surface area (Å²) >= 11 is 0. The second kappa shape index (κ2) is 4.82. The number of aryl methyl sites for hydroxylation is 1. The molecule has 0 aliphatic rings. The lowest BCUT2D eigenvalue weighted by molar-refractivity contribution is 0.185. The first-order chi connectivity index (χ1) is 6.22. The Kier molecular flexibility index (Phi) is 3.71. The molecule has 0 saturated carbocycles. The summed E-state index contributed by atoms with van der Waals surface area (Å²) in [6.45, 7) is 1.79. The maximum Gasteiger partial charge on any atom is 0.137 e. The van der Waals surface area contributed by atoms with Gasteiger partial charge >= 0.3 is 0 Å². The highest BCUT2D eigenvalue weighted by Crippen LogP contribution is 2.12. The molecule has 0 aromatic carbocycles. The van der Waals surface area contributed by atoms with Gasteiger partial charge in [0.15, 0.2) is 0 Å². The van der Waals surface area contributed by atoms with E-state index in [2.05, 4.69) is 4.98 Å². The van der Waals surface area contributed by atoms with E-state index in [1.807, 2.05) is 6.07 Å². The van der Waals surface area contributed by atoms with Crippen LogP contribution in [-0.2, 0) is 6.42 Å².